The van der Waals surface area contributed by atoms with Gasteiger partial charge in [-0.15, -0.1) is 0 Å². The van der Waals surface area contributed by atoms with E-state index in [-0.39, 0.29) is 0 Å². The third-order valence-corrected chi connectivity index (χ3v) is 4.16. The standard InChI is InChI=1S/C18H20Cl2O2/c1-22-11-3-2-4-18(21)14-7-5-13(6-8-14)16-10-9-15(19)12-17(16)20/h5-10,12,18,21H,2-4,11H2,1H3. The van der Waals surface area contributed by atoms with Crippen LogP contribution in [0.5, 0.6) is 0 Å². The Morgan fingerprint density at radius 1 is 1.05 bits per heavy atom. The minimum atomic E-state index is -0.438. The van der Waals surface area contributed by atoms with Gasteiger partial charge >= 0.3 is 0 Å². The van der Waals surface area contributed by atoms with Crippen LogP contribution in [0.2, 0.25) is 10.0 Å². The van der Waals surface area contributed by atoms with Crippen molar-refractivity contribution in [2.75, 3.05) is 13.7 Å². The SMILES string of the molecule is COCCCCC(O)c1ccc(-c2ccc(Cl)cc2Cl)cc1. The summed E-state index contributed by atoms with van der Waals surface area (Å²) in [4.78, 5) is 0. The topological polar surface area (TPSA) is 29.5 Å². The van der Waals surface area contributed by atoms with Crippen LogP contribution in [0.15, 0.2) is 42.5 Å². The van der Waals surface area contributed by atoms with E-state index in [9.17, 15) is 5.11 Å². The molecular formula is C18H20Cl2O2. The van der Waals surface area contributed by atoms with Crippen LogP contribution in [0.3, 0.4) is 0 Å². The van der Waals surface area contributed by atoms with E-state index in [0.717, 1.165) is 42.6 Å². The third kappa shape index (κ3) is 4.72. The van der Waals surface area contributed by atoms with E-state index in [1.54, 1.807) is 13.2 Å². The fraction of sp³-hybridized carbons (Fsp3) is 0.333. The second-order valence-electron chi connectivity index (χ2n) is 5.25. The molecule has 1 N–H and O–H groups in total. The van der Waals surface area contributed by atoms with E-state index in [1.807, 2.05) is 36.4 Å². The van der Waals surface area contributed by atoms with Gasteiger partial charge in [0.25, 0.3) is 0 Å². The largest absolute Gasteiger partial charge is 0.388 e. The number of methoxy groups -OCH3 is 1. The van der Waals surface area contributed by atoms with E-state index >= 15 is 0 Å². The highest BCUT2D eigenvalue weighted by Gasteiger charge is 2.09. The number of halogens is 2. The molecule has 0 fully saturated rings. The van der Waals surface area contributed by atoms with Crippen molar-refractivity contribution in [3.8, 4) is 11.1 Å². The predicted molar refractivity (Wildman–Crippen MR) is 92.6 cm³/mol. The smallest absolute Gasteiger partial charge is 0.0790 e. The van der Waals surface area contributed by atoms with Crippen molar-refractivity contribution in [2.45, 2.75) is 25.4 Å². The van der Waals surface area contributed by atoms with Crippen molar-refractivity contribution < 1.29 is 9.84 Å². The van der Waals surface area contributed by atoms with Gasteiger partial charge in [-0.25, -0.2) is 0 Å². The lowest BCUT2D eigenvalue weighted by Gasteiger charge is -2.12. The van der Waals surface area contributed by atoms with E-state index in [4.69, 9.17) is 27.9 Å². The second kappa shape index (κ2) is 8.54. The summed E-state index contributed by atoms with van der Waals surface area (Å²) >= 11 is 12.1. The van der Waals surface area contributed by atoms with Crippen LogP contribution in [-0.4, -0.2) is 18.8 Å². The number of ether oxygens (including phenoxy) is 1. The van der Waals surface area contributed by atoms with Crippen LogP contribution < -0.4 is 0 Å². The van der Waals surface area contributed by atoms with Gasteiger partial charge in [-0.05, 0) is 42.5 Å². The van der Waals surface area contributed by atoms with Crippen molar-refractivity contribution in [1.82, 2.24) is 0 Å². The van der Waals surface area contributed by atoms with Gasteiger partial charge in [-0.3, -0.25) is 0 Å². The molecule has 1 atom stereocenters. The monoisotopic (exact) mass is 338 g/mol. The second-order valence-corrected chi connectivity index (χ2v) is 6.09. The Balaban J connectivity index is 2.03. The molecule has 22 heavy (non-hydrogen) atoms. The molecule has 0 saturated carbocycles. The van der Waals surface area contributed by atoms with Gasteiger partial charge in [0.05, 0.1) is 6.10 Å². The summed E-state index contributed by atoms with van der Waals surface area (Å²) in [6, 6.07) is 13.3. The Labute approximate surface area is 141 Å². The first-order chi connectivity index (χ1) is 10.6. The first-order valence-electron chi connectivity index (χ1n) is 7.34. The lowest BCUT2D eigenvalue weighted by molar-refractivity contribution is 0.151. The van der Waals surface area contributed by atoms with Crippen LogP contribution in [0.1, 0.15) is 30.9 Å². The molecule has 2 rings (SSSR count). The summed E-state index contributed by atoms with van der Waals surface area (Å²) in [5.41, 5.74) is 2.87. The fourth-order valence-electron chi connectivity index (χ4n) is 2.36. The van der Waals surface area contributed by atoms with Crippen molar-refractivity contribution in [2.24, 2.45) is 0 Å². The first-order valence-corrected chi connectivity index (χ1v) is 8.10. The minimum Gasteiger partial charge on any atom is -0.388 e. The maximum Gasteiger partial charge on any atom is 0.0790 e. The van der Waals surface area contributed by atoms with Gasteiger partial charge in [0.2, 0.25) is 0 Å². The number of aliphatic hydroxyl groups excluding tert-OH is 1. The van der Waals surface area contributed by atoms with Crippen molar-refractivity contribution >= 4 is 23.2 Å². The fourth-order valence-corrected chi connectivity index (χ4v) is 2.88. The average molecular weight is 339 g/mol. The highest BCUT2D eigenvalue weighted by Crippen LogP contribution is 2.31. The van der Waals surface area contributed by atoms with Crippen LogP contribution in [0.4, 0.5) is 0 Å². The molecule has 0 heterocycles. The number of benzene rings is 2. The van der Waals surface area contributed by atoms with Crippen LogP contribution in [0, 0.1) is 0 Å². The highest BCUT2D eigenvalue weighted by molar-refractivity contribution is 6.36. The zero-order valence-electron chi connectivity index (χ0n) is 12.6. The third-order valence-electron chi connectivity index (χ3n) is 3.61. The minimum absolute atomic E-state index is 0.438. The first kappa shape index (κ1) is 17.3. The summed E-state index contributed by atoms with van der Waals surface area (Å²) in [6.45, 7) is 0.737. The molecule has 2 nitrogen and oxygen atoms in total. The summed E-state index contributed by atoms with van der Waals surface area (Å²) < 4.78 is 5.01. The summed E-state index contributed by atoms with van der Waals surface area (Å²) in [7, 11) is 1.69. The van der Waals surface area contributed by atoms with Gasteiger partial charge < -0.3 is 9.84 Å². The Morgan fingerprint density at radius 2 is 1.77 bits per heavy atom. The summed E-state index contributed by atoms with van der Waals surface area (Å²) in [6.07, 6.45) is 2.21. The maximum atomic E-state index is 10.2. The molecule has 118 valence electrons. The average Bonchev–Trinajstić information content (AvgIpc) is 2.52. The Kier molecular flexibility index (Phi) is 6.71. The molecule has 2 aromatic carbocycles. The zero-order valence-corrected chi connectivity index (χ0v) is 14.1. The summed E-state index contributed by atoms with van der Waals surface area (Å²) in [5, 5.41) is 11.4. The zero-order chi connectivity index (χ0) is 15.9. The van der Waals surface area contributed by atoms with E-state index in [0.29, 0.717) is 10.0 Å². The van der Waals surface area contributed by atoms with Crippen LogP contribution in [-0.2, 0) is 4.74 Å². The van der Waals surface area contributed by atoms with Crippen molar-refractivity contribution in [1.29, 1.82) is 0 Å². The summed E-state index contributed by atoms with van der Waals surface area (Å²) in [5.74, 6) is 0. The molecule has 4 heteroatoms. The van der Waals surface area contributed by atoms with Gasteiger partial charge in [0, 0.05) is 29.3 Å². The molecule has 0 spiro atoms. The number of aliphatic hydroxyl groups is 1. The van der Waals surface area contributed by atoms with Gasteiger partial charge in [0.1, 0.15) is 0 Å². The predicted octanol–water partition coefficient (Wildman–Crippen LogP) is 5.51. The number of unbranched alkanes of at least 4 members (excludes halogenated alkanes) is 1. The normalized spacial score (nSPS) is 12.4. The van der Waals surface area contributed by atoms with Gasteiger partial charge in [-0.1, -0.05) is 53.5 Å². The van der Waals surface area contributed by atoms with Crippen molar-refractivity contribution in [3.63, 3.8) is 0 Å². The molecular weight excluding hydrogens is 319 g/mol. The highest BCUT2D eigenvalue weighted by atomic mass is 35.5. The van der Waals surface area contributed by atoms with Crippen molar-refractivity contribution in [3.05, 3.63) is 58.1 Å². The van der Waals surface area contributed by atoms with Gasteiger partial charge in [-0.2, -0.15) is 0 Å². The maximum absolute atomic E-state index is 10.2. The number of rotatable bonds is 7. The molecule has 0 aliphatic heterocycles. The molecule has 0 amide bonds. The Morgan fingerprint density at radius 3 is 2.41 bits per heavy atom. The van der Waals surface area contributed by atoms with Gasteiger partial charge in [0.15, 0.2) is 0 Å². The molecule has 0 saturated heterocycles. The van der Waals surface area contributed by atoms with E-state index < -0.39 is 6.10 Å². The molecule has 1 unspecified atom stereocenters. The lowest BCUT2D eigenvalue weighted by atomic mass is 9.99. The molecule has 0 aromatic heterocycles. The lowest BCUT2D eigenvalue weighted by Crippen LogP contribution is -1.98. The Bertz CT molecular complexity index is 597. The Hall–Kier alpha value is -1.06. The molecule has 0 aliphatic rings. The number of hydrogen-bond acceptors (Lipinski definition) is 2. The molecule has 0 radical (unpaired) electrons. The quantitative estimate of drug-likeness (QED) is 0.674. The van der Waals surface area contributed by atoms with E-state index in [2.05, 4.69) is 0 Å². The molecule has 0 bridgehead atoms. The van der Waals surface area contributed by atoms with Crippen LogP contribution >= 0.6 is 23.2 Å². The molecule has 2 aromatic rings. The van der Waals surface area contributed by atoms with Crippen LogP contribution in [0.25, 0.3) is 11.1 Å². The number of hydrogen-bond donors (Lipinski definition) is 1. The molecule has 0 aliphatic carbocycles. The van der Waals surface area contributed by atoms with E-state index in [1.165, 1.54) is 0 Å².